The van der Waals surface area contributed by atoms with Crippen molar-refractivity contribution in [2.45, 2.75) is 27.3 Å². The summed E-state index contributed by atoms with van der Waals surface area (Å²) in [4.78, 5) is 12.2. The van der Waals surface area contributed by atoms with Crippen molar-refractivity contribution >= 4 is 28.8 Å². The second-order valence-electron chi connectivity index (χ2n) is 4.10. The second kappa shape index (κ2) is 5.67. The molecule has 96 valence electrons. The summed E-state index contributed by atoms with van der Waals surface area (Å²) in [6.45, 7) is 7.72. The van der Waals surface area contributed by atoms with Gasteiger partial charge in [0.15, 0.2) is 0 Å². The van der Waals surface area contributed by atoms with Crippen molar-refractivity contribution in [2.24, 2.45) is 0 Å². The highest BCUT2D eigenvalue weighted by Gasteiger charge is 2.14. The molecule has 2 rings (SSSR count). The minimum atomic E-state index is 0.544. The predicted molar refractivity (Wildman–Crippen MR) is 77.6 cm³/mol. The van der Waals surface area contributed by atoms with Crippen molar-refractivity contribution in [2.75, 3.05) is 11.4 Å². The van der Waals surface area contributed by atoms with Gasteiger partial charge in [-0.25, -0.2) is 9.97 Å². The smallest absolute Gasteiger partial charge is 0.137 e. The van der Waals surface area contributed by atoms with Gasteiger partial charge >= 0.3 is 0 Å². The van der Waals surface area contributed by atoms with Crippen molar-refractivity contribution in [1.82, 2.24) is 9.97 Å². The number of aromatic nitrogens is 2. The Bertz CT molecular complexity index is 525. The van der Waals surface area contributed by atoms with Gasteiger partial charge < -0.3 is 4.90 Å². The summed E-state index contributed by atoms with van der Waals surface area (Å²) in [6, 6.07) is 4.21. The molecule has 0 atom stereocenters. The maximum atomic E-state index is 6.13. The SMILES string of the molecule is CCN(Cc1cccs1)c1nc(C)nc(Cl)c1C. The summed E-state index contributed by atoms with van der Waals surface area (Å²) in [5.74, 6) is 1.65. The van der Waals surface area contributed by atoms with Crippen molar-refractivity contribution < 1.29 is 0 Å². The average molecular weight is 282 g/mol. The predicted octanol–water partition coefficient (Wildman–Crippen LogP) is 3.83. The zero-order valence-corrected chi connectivity index (χ0v) is 12.3. The minimum absolute atomic E-state index is 0.544. The Kier molecular flexibility index (Phi) is 4.19. The molecule has 5 heteroatoms. The Labute approximate surface area is 116 Å². The molecule has 0 amide bonds. The largest absolute Gasteiger partial charge is 0.351 e. The highest BCUT2D eigenvalue weighted by molar-refractivity contribution is 7.09. The molecule has 0 N–H and O–H groups in total. The van der Waals surface area contributed by atoms with Crippen LogP contribution in [0.3, 0.4) is 0 Å². The minimum Gasteiger partial charge on any atom is -0.351 e. The van der Waals surface area contributed by atoms with Crippen LogP contribution in [0.25, 0.3) is 0 Å². The molecule has 0 spiro atoms. The first-order valence-electron chi connectivity index (χ1n) is 5.90. The van der Waals surface area contributed by atoms with Gasteiger partial charge in [0, 0.05) is 17.0 Å². The van der Waals surface area contributed by atoms with Gasteiger partial charge in [-0.05, 0) is 32.2 Å². The summed E-state index contributed by atoms with van der Waals surface area (Å²) in [5.41, 5.74) is 0.945. The van der Waals surface area contributed by atoms with Gasteiger partial charge in [-0.1, -0.05) is 17.7 Å². The first-order valence-corrected chi connectivity index (χ1v) is 7.15. The topological polar surface area (TPSA) is 29.0 Å². The van der Waals surface area contributed by atoms with Crippen molar-refractivity contribution in [1.29, 1.82) is 0 Å². The van der Waals surface area contributed by atoms with Crippen LogP contribution in [0.4, 0.5) is 5.82 Å². The van der Waals surface area contributed by atoms with Gasteiger partial charge in [-0.3, -0.25) is 0 Å². The summed E-state index contributed by atoms with van der Waals surface area (Å²) < 4.78 is 0. The van der Waals surface area contributed by atoms with Crippen LogP contribution in [0.15, 0.2) is 17.5 Å². The van der Waals surface area contributed by atoms with E-state index in [1.165, 1.54) is 4.88 Å². The second-order valence-corrected chi connectivity index (χ2v) is 5.49. The molecule has 0 aromatic carbocycles. The van der Waals surface area contributed by atoms with E-state index in [1.807, 2.05) is 13.8 Å². The summed E-state index contributed by atoms with van der Waals surface area (Å²) >= 11 is 7.88. The van der Waals surface area contributed by atoms with E-state index in [0.29, 0.717) is 11.0 Å². The Hall–Kier alpha value is -1.13. The molecule has 2 heterocycles. The van der Waals surface area contributed by atoms with Gasteiger partial charge in [0.1, 0.15) is 16.8 Å². The normalized spacial score (nSPS) is 10.7. The Morgan fingerprint density at radius 3 is 2.72 bits per heavy atom. The Balaban J connectivity index is 2.32. The van der Waals surface area contributed by atoms with Crippen LogP contribution < -0.4 is 4.90 Å². The molecule has 18 heavy (non-hydrogen) atoms. The molecule has 0 bridgehead atoms. The van der Waals surface area contributed by atoms with Crippen LogP contribution in [-0.4, -0.2) is 16.5 Å². The molecule has 0 saturated heterocycles. The number of thiophene rings is 1. The number of hydrogen-bond donors (Lipinski definition) is 0. The zero-order valence-electron chi connectivity index (χ0n) is 10.8. The third kappa shape index (κ3) is 2.82. The third-order valence-corrected chi connectivity index (χ3v) is 4.01. The van der Waals surface area contributed by atoms with E-state index >= 15 is 0 Å². The molecule has 2 aromatic rings. The highest BCUT2D eigenvalue weighted by atomic mass is 35.5. The lowest BCUT2D eigenvalue weighted by Gasteiger charge is -2.23. The van der Waals surface area contributed by atoms with Gasteiger partial charge in [0.25, 0.3) is 0 Å². The summed E-state index contributed by atoms with van der Waals surface area (Å²) in [5, 5.41) is 2.64. The lowest BCUT2D eigenvalue weighted by molar-refractivity contribution is 0.806. The van der Waals surface area contributed by atoms with E-state index < -0.39 is 0 Å². The Morgan fingerprint density at radius 1 is 1.33 bits per heavy atom. The molecular formula is C13H16ClN3S. The molecule has 0 saturated carbocycles. The van der Waals surface area contributed by atoms with Crippen molar-refractivity contribution in [3.63, 3.8) is 0 Å². The van der Waals surface area contributed by atoms with Crippen LogP contribution in [0.2, 0.25) is 5.15 Å². The van der Waals surface area contributed by atoms with Gasteiger partial charge in [-0.15, -0.1) is 11.3 Å². The van der Waals surface area contributed by atoms with Crippen molar-refractivity contribution in [3.05, 3.63) is 38.9 Å². The average Bonchev–Trinajstić information content (AvgIpc) is 2.84. The number of nitrogens with zero attached hydrogens (tertiary/aromatic N) is 3. The summed E-state index contributed by atoms with van der Waals surface area (Å²) in [6.07, 6.45) is 0. The lowest BCUT2D eigenvalue weighted by Crippen LogP contribution is -2.24. The third-order valence-electron chi connectivity index (χ3n) is 2.78. The number of aryl methyl sites for hydroxylation is 1. The summed E-state index contributed by atoms with van der Waals surface area (Å²) in [7, 11) is 0. The van der Waals surface area contributed by atoms with Crippen LogP contribution in [0.1, 0.15) is 23.2 Å². The van der Waals surface area contributed by atoms with E-state index in [1.54, 1.807) is 11.3 Å². The van der Waals surface area contributed by atoms with Crippen molar-refractivity contribution in [3.8, 4) is 0 Å². The number of anilines is 1. The molecule has 0 radical (unpaired) electrons. The maximum absolute atomic E-state index is 6.13. The zero-order chi connectivity index (χ0) is 13.1. The fraction of sp³-hybridized carbons (Fsp3) is 0.385. The molecule has 0 unspecified atom stereocenters. The molecular weight excluding hydrogens is 266 g/mol. The van der Waals surface area contributed by atoms with E-state index in [4.69, 9.17) is 11.6 Å². The number of halogens is 1. The van der Waals surface area contributed by atoms with Gasteiger partial charge in [0.2, 0.25) is 0 Å². The van der Waals surface area contributed by atoms with E-state index in [-0.39, 0.29) is 0 Å². The quantitative estimate of drug-likeness (QED) is 0.798. The monoisotopic (exact) mass is 281 g/mol. The van der Waals surface area contributed by atoms with Crippen LogP contribution in [0.5, 0.6) is 0 Å². The first-order chi connectivity index (χ1) is 8.61. The van der Waals surface area contributed by atoms with E-state index in [2.05, 4.69) is 39.3 Å². The van der Waals surface area contributed by atoms with Crippen LogP contribution in [0, 0.1) is 13.8 Å². The van der Waals surface area contributed by atoms with Gasteiger partial charge in [-0.2, -0.15) is 0 Å². The van der Waals surface area contributed by atoms with Crippen LogP contribution >= 0.6 is 22.9 Å². The molecule has 0 aliphatic carbocycles. The van der Waals surface area contributed by atoms with Crippen LogP contribution in [-0.2, 0) is 6.54 Å². The van der Waals surface area contributed by atoms with Gasteiger partial charge in [0.05, 0.1) is 6.54 Å². The molecule has 2 aromatic heterocycles. The van der Waals surface area contributed by atoms with E-state index in [9.17, 15) is 0 Å². The molecule has 0 aliphatic rings. The Morgan fingerprint density at radius 2 is 2.11 bits per heavy atom. The van der Waals surface area contributed by atoms with E-state index in [0.717, 1.165) is 24.5 Å². The maximum Gasteiger partial charge on any atom is 0.137 e. The number of hydrogen-bond acceptors (Lipinski definition) is 4. The standard InChI is InChI=1S/C13H16ClN3S/c1-4-17(8-11-6-5-7-18-11)13-9(2)12(14)15-10(3)16-13/h5-7H,4,8H2,1-3H3. The molecule has 3 nitrogen and oxygen atoms in total. The fourth-order valence-electron chi connectivity index (χ4n) is 1.82. The highest BCUT2D eigenvalue weighted by Crippen LogP contribution is 2.25. The molecule has 0 fully saturated rings. The fourth-order valence-corrected chi connectivity index (χ4v) is 2.74. The first kappa shape index (κ1) is 13.3. The number of rotatable bonds is 4. The lowest BCUT2D eigenvalue weighted by atomic mass is 10.3. The molecule has 0 aliphatic heterocycles.